The molecular weight excluding hydrogens is 462 g/mol. The van der Waals surface area contributed by atoms with Crippen LogP contribution in [0.5, 0.6) is 0 Å². The molecule has 3 N–H and O–H groups in total. The first-order valence-corrected chi connectivity index (χ1v) is 14.1. The third-order valence-electron chi connectivity index (χ3n) is 6.21. The molecule has 2 aliphatic carbocycles. The molecule has 0 spiro atoms. The van der Waals surface area contributed by atoms with Crippen LogP contribution in [0, 0.1) is 0 Å². The van der Waals surface area contributed by atoms with E-state index in [4.69, 9.17) is 41.0 Å². The molecule has 0 amide bonds. The summed E-state index contributed by atoms with van der Waals surface area (Å²) < 4.78 is 0. The van der Waals surface area contributed by atoms with Crippen molar-refractivity contribution in [3.8, 4) is 0 Å². The van der Waals surface area contributed by atoms with E-state index in [0.717, 1.165) is 43.7 Å². The van der Waals surface area contributed by atoms with Crippen LogP contribution >= 0.6 is 20.2 Å². The summed E-state index contributed by atoms with van der Waals surface area (Å²) >= 11 is 0.00694. The van der Waals surface area contributed by atoms with E-state index >= 15 is 0 Å². The van der Waals surface area contributed by atoms with Gasteiger partial charge in [0.1, 0.15) is 0 Å². The Hall–Kier alpha value is -0.531. The number of nitrogens with two attached hydrogens (primary N) is 1. The Labute approximate surface area is 194 Å². The van der Waals surface area contributed by atoms with Gasteiger partial charge < -0.3 is 5.32 Å². The number of hydrazine groups is 1. The van der Waals surface area contributed by atoms with Gasteiger partial charge in [-0.2, -0.15) is 0 Å². The van der Waals surface area contributed by atoms with Gasteiger partial charge in [-0.15, -0.1) is 0 Å². The molecule has 6 nitrogen and oxygen atoms in total. The minimum atomic E-state index is 0.00694. The predicted octanol–water partition coefficient (Wildman–Crippen LogP) is 3.70. The normalized spacial score (nSPS) is 30.1. The number of hydrogen-bond donors (Lipinski definition) is 2. The van der Waals surface area contributed by atoms with Crippen LogP contribution in [-0.4, -0.2) is 59.7 Å². The molecule has 4 atom stereocenters. The molecule has 2 heterocycles. The van der Waals surface area contributed by atoms with Gasteiger partial charge in [-0.05, 0) is 37.8 Å². The summed E-state index contributed by atoms with van der Waals surface area (Å²) in [5, 5.41) is 5.76. The van der Waals surface area contributed by atoms with E-state index in [1.54, 1.807) is 0 Å². The maximum atomic E-state index is 6.48. The molecule has 167 valence electrons. The van der Waals surface area contributed by atoms with E-state index in [2.05, 4.69) is 5.32 Å². The van der Waals surface area contributed by atoms with Crippen molar-refractivity contribution in [3.05, 3.63) is 29.6 Å². The van der Waals surface area contributed by atoms with Gasteiger partial charge in [-0.25, -0.2) is 9.99 Å². The maximum absolute atomic E-state index is 6.48. The molecular formula is C21H32Cl2MnN6. The van der Waals surface area contributed by atoms with Crippen molar-refractivity contribution in [1.29, 1.82) is 0 Å². The third kappa shape index (κ3) is 7.27. The second kappa shape index (κ2) is 13.1. The Balaban J connectivity index is 0.000000806. The zero-order chi connectivity index (χ0) is 21.2. The molecule has 1 aromatic heterocycles. The molecule has 4 rings (SSSR count). The van der Waals surface area contributed by atoms with Gasteiger partial charge in [0.05, 0.1) is 23.5 Å². The second-order valence-electron chi connectivity index (χ2n) is 8.17. The van der Waals surface area contributed by atoms with Crippen LogP contribution in [0.1, 0.15) is 62.8 Å². The van der Waals surface area contributed by atoms with Crippen LogP contribution in [0.15, 0.2) is 28.2 Å². The summed E-state index contributed by atoms with van der Waals surface area (Å²) in [7, 11) is 9.59. The van der Waals surface area contributed by atoms with Crippen LogP contribution in [0.25, 0.3) is 0 Å². The average molecular weight is 494 g/mol. The number of fused-ring (bicyclic) bond motifs is 4. The van der Waals surface area contributed by atoms with E-state index < -0.39 is 0 Å². The van der Waals surface area contributed by atoms with Crippen molar-refractivity contribution in [1.82, 2.24) is 15.3 Å². The van der Waals surface area contributed by atoms with Crippen molar-refractivity contribution in [3.63, 3.8) is 0 Å². The quantitative estimate of drug-likeness (QED) is 0.426. The molecule has 2 saturated carbocycles. The summed E-state index contributed by atoms with van der Waals surface area (Å²) in [6.07, 6.45) is 13.4. The van der Waals surface area contributed by atoms with E-state index in [1.807, 2.05) is 35.6 Å². The molecule has 1 aliphatic heterocycles. The second-order valence-corrected chi connectivity index (χ2v) is 10.1. The Morgan fingerprint density at radius 1 is 0.933 bits per heavy atom. The number of hydrogen-bond acceptors (Lipinski definition) is 6. The van der Waals surface area contributed by atoms with Crippen LogP contribution < -0.4 is 11.2 Å². The van der Waals surface area contributed by atoms with E-state index in [1.165, 1.54) is 32.1 Å². The first-order chi connectivity index (χ1) is 14.7. The molecule has 0 radical (unpaired) electrons. The van der Waals surface area contributed by atoms with E-state index in [-0.39, 0.29) is 19.2 Å². The standard InChI is InChI=1S/C21H32N6.2ClH.Mn/c22-27-13-12-23-18-8-1-2-9-19(18)24-14-16-6-5-7-17(26-16)15-25-20-10-3-4-11-21(20)27;;;/h5-7,14-15,18-21,23H,1-4,8-13,22H2;2*1H;/q;;;+2/p-2/t18-,19-,20-,21-;;;/m1.../s1. The minimum absolute atomic E-state index is 0.00694. The van der Waals surface area contributed by atoms with Crippen molar-refractivity contribution < 1.29 is 13.1 Å². The summed E-state index contributed by atoms with van der Waals surface area (Å²) in [5.74, 6) is 6.48. The number of nitrogens with one attached hydrogen (secondary N) is 1. The SMILES string of the molecule is NN1CCN[C@@H]2CCCC[C@H]2N=Cc2cccc(n2)C=N[C@@H]2CCCC[C@H]21.[Cl][Mn][Cl]. The fraction of sp³-hybridized carbons (Fsp3) is 0.667. The Morgan fingerprint density at radius 3 is 2.27 bits per heavy atom. The third-order valence-corrected chi connectivity index (χ3v) is 6.21. The van der Waals surface area contributed by atoms with Crippen LogP contribution in [0.3, 0.4) is 0 Å². The molecule has 0 aromatic carbocycles. The summed E-state index contributed by atoms with van der Waals surface area (Å²) in [6, 6.07) is 7.43. The fourth-order valence-corrected chi connectivity index (χ4v) is 4.68. The van der Waals surface area contributed by atoms with Crippen molar-refractivity contribution in [2.75, 3.05) is 13.1 Å². The zero-order valence-electron chi connectivity index (χ0n) is 17.3. The van der Waals surface area contributed by atoms with Crippen LogP contribution in [0.2, 0.25) is 0 Å². The summed E-state index contributed by atoms with van der Waals surface area (Å²) in [6.45, 7) is 1.77. The molecule has 0 saturated heterocycles. The van der Waals surface area contributed by atoms with E-state index in [0.29, 0.717) is 18.1 Å². The predicted molar refractivity (Wildman–Crippen MR) is 122 cm³/mol. The molecule has 2 bridgehead atoms. The monoisotopic (exact) mass is 493 g/mol. The fourth-order valence-electron chi connectivity index (χ4n) is 4.68. The Morgan fingerprint density at radius 2 is 1.53 bits per heavy atom. The molecule has 1 aromatic rings. The number of halogens is 2. The Kier molecular flexibility index (Phi) is 10.5. The molecule has 9 heteroatoms. The van der Waals surface area contributed by atoms with Gasteiger partial charge in [-0.1, -0.05) is 31.7 Å². The summed E-state index contributed by atoms with van der Waals surface area (Å²) in [5.41, 5.74) is 1.82. The number of pyridine rings is 1. The van der Waals surface area contributed by atoms with Gasteiger partial charge in [-0.3, -0.25) is 15.8 Å². The molecule has 30 heavy (non-hydrogen) atoms. The van der Waals surface area contributed by atoms with Gasteiger partial charge in [0, 0.05) is 37.6 Å². The van der Waals surface area contributed by atoms with E-state index in [9.17, 15) is 0 Å². The number of nitrogens with zero attached hydrogens (tertiary/aromatic N) is 4. The van der Waals surface area contributed by atoms with Gasteiger partial charge in [0.15, 0.2) is 0 Å². The number of aromatic nitrogens is 1. The van der Waals surface area contributed by atoms with Crippen molar-refractivity contribution in [2.45, 2.75) is 75.5 Å². The molecule has 0 unspecified atom stereocenters. The van der Waals surface area contributed by atoms with Gasteiger partial charge in [0.25, 0.3) is 0 Å². The average Bonchev–Trinajstić information content (AvgIpc) is 2.78. The van der Waals surface area contributed by atoms with Gasteiger partial charge >= 0.3 is 33.3 Å². The first kappa shape index (κ1) is 24.1. The zero-order valence-corrected chi connectivity index (χ0v) is 20.0. The number of aliphatic imine (C=N–C) groups is 2. The van der Waals surface area contributed by atoms with Crippen LogP contribution in [0.4, 0.5) is 0 Å². The topological polar surface area (TPSA) is 78.9 Å². The first-order valence-electron chi connectivity index (χ1n) is 10.9. The molecule has 3 aliphatic rings. The summed E-state index contributed by atoms with van der Waals surface area (Å²) in [4.78, 5) is 14.5. The molecule has 2 fully saturated rings. The Bertz CT molecular complexity index is 704. The van der Waals surface area contributed by atoms with Crippen LogP contribution in [-0.2, 0) is 13.1 Å². The van der Waals surface area contributed by atoms with Crippen molar-refractivity contribution in [2.24, 2.45) is 15.8 Å². The van der Waals surface area contributed by atoms with Crippen molar-refractivity contribution >= 4 is 32.6 Å². The number of rotatable bonds is 0. The van der Waals surface area contributed by atoms with Gasteiger partial charge in [0.2, 0.25) is 0 Å².